The van der Waals surface area contributed by atoms with Gasteiger partial charge in [0.1, 0.15) is 11.9 Å². The number of carbonyl (C=O) groups is 2. The van der Waals surface area contributed by atoms with E-state index in [4.69, 9.17) is 4.52 Å². The number of aromatic nitrogens is 2. The topological polar surface area (TPSA) is 88.3 Å². The van der Waals surface area contributed by atoms with Gasteiger partial charge in [0.05, 0.1) is 6.54 Å². The standard InChI is InChI=1S/C17H17FN4O3/c1-3-4-13-9-22(10(2)15(23)19-13)17(24)14-20-16(25-21-14)11-5-7-12(18)8-6-11/h4-8,10H,3,9H2,1-2H3,(H,19,23)/b13-4-. The summed E-state index contributed by atoms with van der Waals surface area (Å²) in [5.41, 5.74) is 1.17. The maximum atomic E-state index is 13.0. The van der Waals surface area contributed by atoms with Crippen LogP contribution >= 0.6 is 0 Å². The number of piperazine rings is 1. The molecule has 2 amide bonds. The second-order valence-electron chi connectivity index (χ2n) is 5.67. The van der Waals surface area contributed by atoms with Crippen molar-refractivity contribution in [3.63, 3.8) is 0 Å². The van der Waals surface area contributed by atoms with Crippen molar-refractivity contribution in [3.8, 4) is 11.5 Å². The van der Waals surface area contributed by atoms with Crippen LogP contribution < -0.4 is 5.32 Å². The maximum absolute atomic E-state index is 13.0. The summed E-state index contributed by atoms with van der Waals surface area (Å²) in [7, 11) is 0. The van der Waals surface area contributed by atoms with E-state index >= 15 is 0 Å². The lowest BCUT2D eigenvalue weighted by atomic mass is 10.1. The molecule has 2 heterocycles. The molecule has 0 bridgehead atoms. The molecule has 130 valence electrons. The van der Waals surface area contributed by atoms with Gasteiger partial charge in [0.15, 0.2) is 0 Å². The predicted molar refractivity (Wildman–Crippen MR) is 86.7 cm³/mol. The molecule has 1 N–H and O–H groups in total. The van der Waals surface area contributed by atoms with E-state index in [-0.39, 0.29) is 30.0 Å². The van der Waals surface area contributed by atoms with Crippen LogP contribution in [0.5, 0.6) is 0 Å². The van der Waals surface area contributed by atoms with Crippen LogP contribution in [0.25, 0.3) is 11.5 Å². The number of allylic oxidation sites excluding steroid dienone is 1. The molecule has 1 saturated heterocycles. The molecule has 3 rings (SSSR count). The summed E-state index contributed by atoms with van der Waals surface area (Å²) < 4.78 is 18.1. The zero-order valence-electron chi connectivity index (χ0n) is 13.8. The second-order valence-corrected chi connectivity index (χ2v) is 5.67. The first-order valence-electron chi connectivity index (χ1n) is 7.90. The Kier molecular flexibility index (Phi) is 4.60. The first-order chi connectivity index (χ1) is 12.0. The molecule has 8 heteroatoms. The Morgan fingerprint density at radius 3 is 2.84 bits per heavy atom. The number of nitrogens with zero attached hydrogens (tertiary/aromatic N) is 3. The fraction of sp³-hybridized carbons (Fsp3) is 0.294. The van der Waals surface area contributed by atoms with Gasteiger partial charge in [-0.15, -0.1) is 0 Å². The number of carbonyl (C=O) groups excluding carboxylic acids is 2. The quantitative estimate of drug-likeness (QED) is 0.921. The van der Waals surface area contributed by atoms with Crippen LogP contribution in [-0.4, -0.2) is 39.4 Å². The Labute approximate surface area is 143 Å². The number of amides is 2. The Morgan fingerprint density at radius 1 is 1.44 bits per heavy atom. The molecule has 1 aromatic carbocycles. The van der Waals surface area contributed by atoms with Crippen molar-refractivity contribution in [1.82, 2.24) is 20.4 Å². The normalized spacial score (nSPS) is 19.2. The number of halogens is 1. The first kappa shape index (κ1) is 16.8. The molecule has 1 aliphatic heterocycles. The fourth-order valence-corrected chi connectivity index (χ4v) is 2.52. The third-order valence-electron chi connectivity index (χ3n) is 3.89. The number of nitrogens with one attached hydrogen (secondary N) is 1. The van der Waals surface area contributed by atoms with Crippen molar-refractivity contribution >= 4 is 11.8 Å². The highest BCUT2D eigenvalue weighted by Crippen LogP contribution is 2.19. The fourth-order valence-electron chi connectivity index (χ4n) is 2.52. The molecule has 2 aromatic rings. The number of hydrogen-bond donors (Lipinski definition) is 1. The van der Waals surface area contributed by atoms with Crippen molar-refractivity contribution in [2.24, 2.45) is 0 Å². The summed E-state index contributed by atoms with van der Waals surface area (Å²) in [6.45, 7) is 3.84. The van der Waals surface area contributed by atoms with Gasteiger partial charge < -0.3 is 14.7 Å². The second kappa shape index (κ2) is 6.84. The number of hydrogen-bond acceptors (Lipinski definition) is 5. The van der Waals surface area contributed by atoms with Gasteiger partial charge in [-0.2, -0.15) is 4.98 Å². The van der Waals surface area contributed by atoms with E-state index in [2.05, 4.69) is 15.5 Å². The van der Waals surface area contributed by atoms with E-state index in [0.717, 1.165) is 6.42 Å². The van der Waals surface area contributed by atoms with Crippen LogP contribution in [0.3, 0.4) is 0 Å². The van der Waals surface area contributed by atoms with Crippen LogP contribution in [0.15, 0.2) is 40.6 Å². The largest absolute Gasteiger partial charge is 0.333 e. The highest BCUT2D eigenvalue weighted by Gasteiger charge is 2.34. The molecule has 7 nitrogen and oxygen atoms in total. The van der Waals surface area contributed by atoms with E-state index in [1.807, 2.05) is 13.0 Å². The third-order valence-corrected chi connectivity index (χ3v) is 3.89. The summed E-state index contributed by atoms with van der Waals surface area (Å²) in [6, 6.07) is 4.85. The van der Waals surface area contributed by atoms with Crippen molar-refractivity contribution in [2.75, 3.05) is 6.54 Å². The average molecular weight is 344 g/mol. The minimum Gasteiger partial charge on any atom is -0.333 e. The van der Waals surface area contributed by atoms with Gasteiger partial charge in [0.2, 0.25) is 5.91 Å². The maximum Gasteiger partial charge on any atom is 0.296 e. The Hall–Kier alpha value is -3.03. The Morgan fingerprint density at radius 2 is 2.16 bits per heavy atom. The van der Waals surface area contributed by atoms with Gasteiger partial charge >= 0.3 is 0 Å². The molecule has 1 fully saturated rings. The van der Waals surface area contributed by atoms with Crippen LogP contribution in [0.2, 0.25) is 0 Å². The van der Waals surface area contributed by atoms with Gasteiger partial charge in [-0.3, -0.25) is 9.59 Å². The third kappa shape index (κ3) is 3.42. The van der Waals surface area contributed by atoms with E-state index in [1.54, 1.807) is 6.92 Å². The van der Waals surface area contributed by atoms with E-state index < -0.39 is 11.9 Å². The van der Waals surface area contributed by atoms with Gasteiger partial charge in [-0.05, 0) is 37.6 Å². The molecule has 0 radical (unpaired) electrons. The molecule has 0 aliphatic carbocycles. The number of benzene rings is 1. The Bertz CT molecular complexity index is 829. The van der Waals surface area contributed by atoms with Crippen LogP contribution in [0.1, 0.15) is 30.9 Å². The molecule has 0 spiro atoms. The summed E-state index contributed by atoms with van der Waals surface area (Å²) in [4.78, 5) is 30.2. The predicted octanol–water partition coefficient (Wildman–Crippen LogP) is 2.13. The van der Waals surface area contributed by atoms with Crippen LogP contribution in [0.4, 0.5) is 4.39 Å². The smallest absolute Gasteiger partial charge is 0.296 e. The molecule has 1 atom stereocenters. The van der Waals surface area contributed by atoms with Crippen molar-refractivity contribution in [3.05, 3.63) is 47.7 Å². The monoisotopic (exact) mass is 344 g/mol. The van der Waals surface area contributed by atoms with Gasteiger partial charge in [-0.1, -0.05) is 18.2 Å². The van der Waals surface area contributed by atoms with Crippen molar-refractivity contribution in [1.29, 1.82) is 0 Å². The summed E-state index contributed by atoms with van der Waals surface area (Å²) in [6.07, 6.45) is 2.59. The zero-order valence-corrected chi connectivity index (χ0v) is 13.8. The van der Waals surface area contributed by atoms with Crippen molar-refractivity contribution in [2.45, 2.75) is 26.3 Å². The molecular formula is C17H17FN4O3. The average Bonchev–Trinajstić information content (AvgIpc) is 3.08. The van der Waals surface area contributed by atoms with Gasteiger partial charge in [0.25, 0.3) is 17.6 Å². The summed E-state index contributed by atoms with van der Waals surface area (Å²) in [5, 5.41) is 6.47. The molecule has 1 unspecified atom stereocenters. The lowest BCUT2D eigenvalue weighted by molar-refractivity contribution is -0.125. The first-order valence-corrected chi connectivity index (χ1v) is 7.90. The number of rotatable bonds is 3. The lowest BCUT2D eigenvalue weighted by Crippen LogP contribution is -2.54. The van der Waals surface area contributed by atoms with E-state index in [9.17, 15) is 14.0 Å². The summed E-state index contributed by atoms with van der Waals surface area (Å²) in [5.74, 6) is -1.18. The molecule has 25 heavy (non-hydrogen) atoms. The minimum absolute atomic E-state index is 0.113. The Balaban J connectivity index is 1.84. The highest BCUT2D eigenvalue weighted by atomic mass is 19.1. The SMILES string of the molecule is CC/C=C1/CN(C(=O)c2noc(-c3ccc(F)cc3)n2)C(C)C(=O)N1. The van der Waals surface area contributed by atoms with Gasteiger partial charge in [-0.25, -0.2) is 4.39 Å². The zero-order chi connectivity index (χ0) is 18.0. The lowest BCUT2D eigenvalue weighted by Gasteiger charge is -2.33. The van der Waals surface area contributed by atoms with E-state index in [0.29, 0.717) is 11.3 Å². The molecule has 1 aliphatic rings. The highest BCUT2D eigenvalue weighted by molar-refractivity contribution is 5.96. The van der Waals surface area contributed by atoms with Crippen molar-refractivity contribution < 1.29 is 18.5 Å². The minimum atomic E-state index is -0.644. The molecule has 0 saturated carbocycles. The summed E-state index contributed by atoms with van der Waals surface area (Å²) >= 11 is 0. The molecular weight excluding hydrogens is 327 g/mol. The molecule has 1 aromatic heterocycles. The van der Waals surface area contributed by atoms with Gasteiger partial charge in [0, 0.05) is 11.3 Å². The van der Waals surface area contributed by atoms with E-state index in [1.165, 1.54) is 29.2 Å². The van der Waals surface area contributed by atoms with Crippen LogP contribution in [-0.2, 0) is 4.79 Å². The van der Waals surface area contributed by atoms with Crippen LogP contribution in [0, 0.1) is 5.82 Å².